The SMILES string of the molecule is O=C1c2ccccc2C(=O)c2c3c(cc(NC(=O)c4ccc5c6c(nsc46)-c4ccccc4C5=O)c21)SC1C=CC=CC1=N3. The third-order valence-corrected chi connectivity index (χ3v) is 10.5. The predicted octanol–water partition coefficient (Wildman–Crippen LogP) is 7.21. The third-order valence-electron chi connectivity index (χ3n) is 8.37. The van der Waals surface area contributed by atoms with Crippen molar-refractivity contribution in [1.29, 1.82) is 0 Å². The second-order valence-corrected chi connectivity index (χ2v) is 12.7. The van der Waals surface area contributed by atoms with Crippen molar-refractivity contribution in [2.45, 2.75) is 10.1 Å². The first-order valence-electron chi connectivity index (χ1n) is 13.9. The standard InChI is InChI=1S/C35H17N3O4S2/c39-31-17-8-2-1-7-16(17)29-26-20(31)13-14-21(34(26)44-38-29)35(42)37-23-15-25-30(36-22-11-5-6-12-24(22)43-25)28-27(23)32(40)18-9-3-4-10-19(18)33(28)41/h1-15,24H,(H,37,42). The number of nitrogens with one attached hydrogen (secondary N) is 1. The van der Waals surface area contributed by atoms with E-state index in [0.717, 1.165) is 22.8 Å². The molecule has 1 atom stereocenters. The Hall–Kier alpha value is -5.25. The molecular weight excluding hydrogens is 591 g/mol. The maximum absolute atomic E-state index is 14.0. The summed E-state index contributed by atoms with van der Waals surface area (Å²) in [5, 5.41) is 3.56. The number of rotatable bonds is 2. The summed E-state index contributed by atoms with van der Waals surface area (Å²) in [6, 6.07) is 19.1. The van der Waals surface area contributed by atoms with Gasteiger partial charge in [-0.05, 0) is 35.8 Å². The first kappa shape index (κ1) is 25.3. The lowest BCUT2D eigenvalue weighted by molar-refractivity contribution is 0.0979. The lowest BCUT2D eigenvalue weighted by atomic mass is 9.82. The molecule has 1 aliphatic heterocycles. The van der Waals surface area contributed by atoms with Gasteiger partial charge in [0.1, 0.15) is 0 Å². The third kappa shape index (κ3) is 3.39. The Bertz CT molecular complexity index is 2330. The van der Waals surface area contributed by atoms with Gasteiger partial charge in [-0.25, -0.2) is 4.99 Å². The van der Waals surface area contributed by atoms with Crippen LogP contribution in [0, 0.1) is 0 Å². The van der Waals surface area contributed by atoms with Crippen molar-refractivity contribution >= 4 is 73.7 Å². The van der Waals surface area contributed by atoms with Crippen molar-refractivity contribution in [1.82, 2.24) is 4.37 Å². The largest absolute Gasteiger partial charge is 0.321 e. The predicted molar refractivity (Wildman–Crippen MR) is 171 cm³/mol. The molecule has 2 heterocycles. The quantitative estimate of drug-likeness (QED) is 0.223. The van der Waals surface area contributed by atoms with E-state index in [2.05, 4.69) is 9.69 Å². The molecule has 0 saturated carbocycles. The van der Waals surface area contributed by atoms with Crippen LogP contribution < -0.4 is 5.32 Å². The van der Waals surface area contributed by atoms with Gasteiger partial charge in [0.25, 0.3) is 5.91 Å². The Labute approximate surface area is 258 Å². The minimum absolute atomic E-state index is 0.0514. The zero-order valence-electron chi connectivity index (χ0n) is 22.6. The van der Waals surface area contributed by atoms with Gasteiger partial charge in [0, 0.05) is 38.1 Å². The van der Waals surface area contributed by atoms with E-state index in [0.29, 0.717) is 48.6 Å². The number of aliphatic imine (C=N–C) groups is 1. The van der Waals surface area contributed by atoms with Crippen LogP contribution in [0.15, 0.2) is 101 Å². The molecule has 5 aromatic rings. The molecule has 7 nitrogen and oxygen atoms in total. The fraction of sp³-hybridized carbons (Fsp3) is 0.0286. The summed E-state index contributed by atoms with van der Waals surface area (Å²) in [5.74, 6) is -1.23. The number of amides is 1. The number of ketones is 3. The number of anilines is 1. The molecule has 4 aromatic carbocycles. The highest BCUT2D eigenvalue weighted by Crippen LogP contribution is 2.48. The molecule has 4 aliphatic rings. The summed E-state index contributed by atoms with van der Waals surface area (Å²) in [7, 11) is 0. The molecular formula is C35H17N3O4S2. The zero-order chi connectivity index (χ0) is 29.7. The zero-order valence-corrected chi connectivity index (χ0v) is 24.2. The summed E-state index contributed by atoms with van der Waals surface area (Å²) in [6.45, 7) is 0. The van der Waals surface area contributed by atoms with Crippen molar-refractivity contribution in [3.8, 4) is 11.3 Å². The normalized spacial score (nSPS) is 17.0. The molecule has 9 heteroatoms. The van der Waals surface area contributed by atoms with Gasteiger partial charge in [0.05, 0.1) is 49.4 Å². The smallest absolute Gasteiger partial charge is 0.257 e. The van der Waals surface area contributed by atoms with Crippen molar-refractivity contribution in [3.63, 3.8) is 0 Å². The molecule has 0 radical (unpaired) electrons. The molecule has 3 aliphatic carbocycles. The lowest BCUT2D eigenvalue weighted by Crippen LogP contribution is -2.26. The molecule has 0 fully saturated rings. The number of carbonyl (C=O) groups is 4. The first-order chi connectivity index (χ1) is 21.5. The average Bonchev–Trinajstić information content (AvgIpc) is 3.50. The Morgan fingerprint density at radius 3 is 2.25 bits per heavy atom. The fourth-order valence-electron chi connectivity index (χ4n) is 6.36. The van der Waals surface area contributed by atoms with E-state index >= 15 is 0 Å². The maximum Gasteiger partial charge on any atom is 0.257 e. The van der Waals surface area contributed by atoms with Crippen LogP contribution in [0.1, 0.15) is 58.1 Å². The molecule has 0 bridgehead atoms. The van der Waals surface area contributed by atoms with E-state index < -0.39 is 5.91 Å². The number of fused-ring (bicyclic) bond motifs is 7. The van der Waals surface area contributed by atoms with Gasteiger partial charge < -0.3 is 5.32 Å². The molecule has 208 valence electrons. The van der Waals surface area contributed by atoms with Crippen molar-refractivity contribution in [2.75, 3.05) is 5.32 Å². The minimum Gasteiger partial charge on any atom is -0.321 e. The van der Waals surface area contributed by atoms with E-state index in [4.69, 9.17) is 4.99 Å². The Kier molecular flexibility index (Phi) is 5.24. The summed E-state index contributed by atoms with van der Waals surface area (Å²) in [4.78, 5) is 60.8. The van der Waals surface area contributed by atoms with Gasteiger partial charge in [0.2, 0.25) is 0 Å². The number of aromatic nitrogens is 1. The van der Waals surface area contributed by atoms with E-state index in [1.54, 1.807) is 48.5 Å². The minimum atomic E-state index is -0.468. The number of carbonyl (C=O) groups excluding carboxylic acids is 4. The van der Waals surface area contributed by atoms with Gasteiger partial charge in [-0.3, -0.25) is 19.2 Å². The van der Waals surface area contributed by atoms with Crippen molar-refractivity contribution in [3.05, 3.63) is 130 Å². The highest BCUT2D eigenvalue weighted by molar-refractivity contribution is 8.01. The lowest BCUT2D eigenvalue weighted by Gasteiger charge is -2.28. The van der Waals surface area contributed by atoms with E-state index in [9.17, 15) is 19.2 Å². The second kappa shape index (κ2) is 9.12. The second-order valence-electron chi connectivity index (χ2n) is 10.8. The van der Waals surface area contributed by atoms with Crippen LogP contribution in [0.3, 0.4) is 0 Å². The van der Waals surface area contributed by atoms with Gasteiger partial charge in [-0.15, -0.1) is 11.8 Å². The van der Waals surface area contributed by atoms with E-state index in [1.165, 1.54) is 11.8 Å². The van der Waals surface area contributed by atoms with Crippen LogP contribution in [-0.2, 0) is 0 Å². The van der Waals surface area contributed by atoms with E-state index in [1.807, 2.05) is 42.5 Å². The van der Waals surface area contributed by atoms with E-state index in [-0.39, 0.29) is 45.0 Å². The highest BCUT2D eigenvalue weighted by atomic mass is 32.2. The molecule has 0 saturated heterocycles. The van der Waals surface area contributed by atoms with Gasteiger partial charge in [-0.1, -0.05) is 66.8 Å². The van der Waals surface area contributed by atoms with Crippen molar-refractivity contribution < 1.29 is 19.2 Å². The average molecular weight is 608 g/mol. The molecule has 44 heavy (non-hydrogen) atoms. The molecule has 1 amide bonds. The molecule has 9 rings (SSSR count). The van der Waals surface area contributed by atoms with Crippen LogP contribution >= 0.6 is 23.3 Å². The number of hydrogen-bond acceptors (Lipinski definition) is 8. The van der Waals surface area contributed by atoms with Crippen LogP contribution in [0.4, 0.5) is 11.4 Å². The van der Waals surface area contributed by atoms with Gasteiger partial charge >= 0.3 is 0 Å². The summed E-state index contributed by atoms with van der Waals surface area (Å²) >= 11 is 2.68. The maximum atomic E-state index is 14.0. The van der Waals surface area contributed by atoms with Crippen LogP contribution in [0.5, 0.6) is 0 Å². The molecule has 0 spiro atoms. The first-order valence-corrected chi connectivity index (χ1v) is 15.5. The Morgan fingerprint density at radius 1 is 0.773 bits per heavy atom. The Balaban J connectivity index is 1.21. The monoisotopic (exact) mass is 607 g/mol. The van der Waals surface area contributed by atoms with Crippen LogP contribution in [0.2, 0.25) is 0 Å². The van der Waals surface area contributed by atoms with Crippen molar-refractivity contribution in [2.24, 2.45) is 4.99 Å². The number of thioether (sulfide) groups is 1. The van der Waals surface area contributed by atoms with Gasteiger partial charge in [0.15, 0.2) is 17.3 Å². The fourth-order valence-corrected chi connectivity index (χ4v) is 8.42. The van der Waals surface area contributed by atoms with Gasteiger partial charge in [-0.2, -0.15) is 4.37 Å². The molecule has 1 unspecified atom stereocenters. The summed E-state index contributed by atoms with van der Waals surface area (Å²) < 4.78 is 5.23. The molecule has 1 N–H and O–H groups in total. The summed E-state index contributed by atoms with van der Waals surface area (Å²) in [5.41, 5.74) is 5.23. The van der Waals surface area contributed by atoms with Crippen LogP contribution in [-0.4, -0.2) is 38.6 Å². The highest BCUT2D eigenvalue weighted by Gasteiger charge is 2.38. The summed E-state index contributed by atoms with van der Waals surface area (Å²) in [6.07, 6.45) is 7.77. The van der Waals surface area contributed by atoms with Crippen LogP contribution in [0.25, 0.3) is 21.3 Å². The number of benzene rings is 4. The number of hydrogen-bond donors (Lipinski definition) is 1. The molecule has 1 aromatic heterocycles. The topological polar surface area (TPSA) is 106 Å². The number of nitrogens with zero attached hydrogens (tertiary/aromatic N) is 2. The Morgan fingerprint density at radius 2 is 1.48 bits per heavy atom. The number of allylic oxidation sites excluding steroid dienone is 3.